The molecular formula is C5H3F7N2. The maximum absolute atomic E-state index is 12.3. The van der Waals surface area contributed by atoms with Crippen LogP contribution in [0.15, 0.2) is 11.5 Å². The van der Waals surface area contributed by atoms with Crippen LogP contribution in [0.5, 0.6) is 0 Å². The van der Waals surface area contributed by atoms with Crippen molar-refractivity contribution in [2.75, 3.05) is 0 Å². The van der Waals surface area contributed by atoms with Crippen molar-refractivity contribution in [3.63, 3.8) is 0 Å². The van der Waals surface area contributed by atoms with E-state index in [4.69, 9.17) is 5.41 Å². The van der Waals surface area contributed by atoms with E-state index in [1.807, 2.05) is 0 Å². The van der Waals surface area contributed by atoms with Gasteiger partial charge in [0, 0.05) is 0 Å². The molecule has 0 amide bonds. The molecule has 0 saturated heterocycles. The first-order valence-electron chi connectivity index (χ1n) is 2.86. The van der Waals surface area contributed by atoms with Gasteiger partial charge in [0.05, 0.1) is 0 Å². The Morgan fingerprint density at radius 1 is 0.929 bits per heavy atom. The fourth-order valence-corrected chi connectivity index (χ4v) is 0.384. The maximum atomic E-state index is 12.3. The molecule has 0 unspecified atom stereocenters. The topological polar surface area (TPSA) is 49.9 Å². The SMILES string of the molecule is N=C(/C(F)=C(/N)C(F)(F)F)C(F)(F)F. The van der Waals surface area contributed by atoms with Gasteiger partial charge in [0.25, 0.3) is 0 Å². The highest BCUT2D eigenvalue weighted by molar-refractivity contribution is 6.00. The van der Waals surface area contributed by atoms with Crippen LogP contribution in [-0.2, 0) is 0 Å². The van der Waals surface area contributed by atoms with E-state index in [1.54, 1.807) is 0 Å². The van der Waals surface area contributed by atoms with Crippen molar-refractivity contribution < 1.29 is 30.7 Å². The van der Waals surface area contributed by atoms with Gasteiger partial charge in [0.1, 0.15) is 0 Å². The maximum Gasteiger partial charge on any atom is 0.435 e. The fourth-order valence-electron chi connectivity index (χ4n) is 0.384. The predicted molar refractivity (Wildman–Crippen MR) is 32.2 cm³/mol. The minimum Gasteiger partial charge on any atom is -0.392 e. The van der Waals surface area contributed by atoms with E-state index in [0.717, 1.165) is 0 Å². The summed E-state index contributed by atoms with van der Waals surface area (Å²) in [6, 6.07) is 0. The van der Waals surface area contributed by atoms with E-state index in [9.17, 15) is 30.7 Å². The van der Waals surface area contributed by atoms with Gasteiger partial charge < -0.3 is 5.73 Å². The third-order valence-electron chi connectivity index (χ3n) is 1.04. The van der Waals surface area contributed by atoms with E-state index < -0.39 is 29.6 Å². The number of nitrogens with one attached hydrogen (secondary N) is 1. The second-order valence-corrected chi connectivity index (χ2v) is 2.10. The van der Waals surface area contributed by atoms with Crippen molar-refractivity contribution in [3.05, 3.63) is 11.5 Å². The molecule has 0 saturated carbocycles. The lowest BCUT2D eigenvalue weighted by Gasteiger charge is -2.10. The monoisotopic (exact) mass is 224 g/mol. The largest absolute Gasteiger partial charge is 0.435 e. The third kappa shape index (κ3) is 2.89. The molecule has 0 fully saturated rings. The number of hydrogen-bond acceptors (Lipinski definition) is 2. The highest BCUT2D eigenvalue weighted by Gasteiger charge is 2.43. The second kappa shape index (κ2) is 3.46. The van der Waals surface area contributed by atoms with Crippen molar-refractivity contribution >= 4 is 5.71 Å². The number of hydrogen-bond donors (Lipinski definition) is 2. The van der Waals surface area contributed by atoms with Crippen LogP contribution in [0.4, 0.5) is 30.7 Å². The van der Waals surface area contributed by atoms with Crippen LogP contribution in [0.3, 0.4) is 0 Å². The molecule has 0 bridgehead atoms. The summed E-state index contributed by atoms with van der Waals surface area (Å²) in [5.74, 6) is -2.83. The molecule has 0 rings (SSSR count). The van der Waals surface area contributed by atoms with Gasteiger partial charge in [0.2, 0.25) is 0 Å². The average Bonchev–Trinajstić information content (AvgIpc) is 1.97. The zero-order valence-corrected chi connectivity index (χ0v) is 6.22. The third-order valence-corrected chi connectivity index (χ3v) is 1.04. The van der Waals surface area contributed by atoms with E-state index in [1.165, 1.54) is 0 Å². The molecule has 0 atom stereocenters. The quantitative estimate of drug-likeness (QED) is 0.521. The Morgan fingerprint density at radius 3 is 1.50 bits per heavy atom. The summed E-state index contributed by atoms with van der Waals surface area (Å²) in [6.45, 7) is 0. The van der Waals surface area contributed by atoms with Gasteiger partial charge in [-0.05, 0) is 0 Å². The van der Waals surface area contributed by atoms with Crippen molar-refractivity contribution in [2.45, 2.75) is 12.4 Å². The van der Waals surface area contributed by atoms with E-state index in [2.05, 4.69) is 5.73 Å². The van der Waals surface area contributed by atoms with Crippen LogP contribution in [-0.4, -0.2) is 18.1 Å². The molecule has 0 heterocycles. The molecule has 0 aromatic heterocycles. The minimum atomic E-state index is -5.50. The van der Waals surface area contributed by atoms with Gasteiger partial charge in [-0.2, -0.15) is 26.3 Å². The zero-order valence-electron chi connectivity index (χ0n) is 6.22. The average molecular weight is 224 g/mol. The Balaban J connectivity index is 5.14. The molecule has 2 nitrogen and oxygen atoms in total. The lowest BCUT2D eigenvalue weighted by atomic mass is 10.2. The lowest BCUT2D eigenvalue weighted by Crippen LogP contribution is -2.29. The molecule has 0 radical (unpaired) electrons. The van der Waals surface area contributed by atoms with Crippen LogP contribution < -0.4 is 5.73 Å². The summed E-state index contributed by atoms with van der Waals surface area (Å²) in [7, 11) is 0. The number of halogens is 7. The first-order chi connectivity index (χ1) is 5.98. The van der Waals surface area contributed by atoms with Crippen molar-refractivity contribution in [3.8, 4) is 0 Å². The summed E-state index contributed by atoms with van der Waals surface area (Å²) in [4.78, 5) is 0. The van der Waals surface area contributed by atoms with Gasteiger partial charge in [-0.3, -0.25) is 5.41 Å². The minimum absolute atomic E-state index is 2.57. The number of nitrogens with two attached hydrogens (primary N) is 1. The van der Waals surface area contributed by atoms with Gasteiger partial charge >= 0.3 is 12.4 Å². The molecule has 3 N–H and O–H groups in total. The van der Waals surface area contributed by atoms with Crippen molar-refractivity contribution in [2.24, 2.45) is 5.73 Å². The molecule has 14 heavy (non-hydrogen) atoms. The molecule has 0 aliphatic heterocycles. The zero-order chi connectivity index (χ0) is 11.7. The summed E-state index contributed by atoms with van der Waals surface area (Å²) in [5, 5.41) is 6.02. The van der Waals surface area contributed by atoms with Gasteiger partial charge in [-0.15, -0.1) is 0 Å². The smallest absolute Gasteiger partial charge is 0.392 e. The summed E-state index contributed by atoms with van der Waals surface area (Å²) >= 11 is 0. The summed E-state index contributed by atoms with van der Waals surface area (Å²) < 4.78 is 81.5. The fraction of sp³-hybridized carbons (Fsp3) is 0.400. The standard InChI is InChI=1S/C5H3F7N2/c6-1(2(13)4(7,8)9)3(14)5(10,11)12/h13H,14H2/b3-1-,13-2?. The molecule has 82 valence electrons. The molecule has 0 aromatic rings. The molecule has 0 aliphatic carbocycles. The second-order valence-electron chi connectivity index (χ2n) is 2.10. The Bertz CT molecular complexity index is 271. The van der Waals surface area contributed by atoms with Gasteiger partial charge in [-0.1, -0.05) is 0 Å². The van der Waals surface area contributed by atoms with Crippen LogP contribution in [0.25, 0.3) is 0 Å². The van der Waals surface area contributed by atoms with Crippen molar-refractivity contribution in [1.29, 1.82) is 5.41 Å². The van der Waals surface area contributed by atoms with Crippen LogP contribution in [0, 0.1) is 5.41 Å². The van der Waals surface area contributed by atoms with Gasteiger partial charge in [-0.25, -0.2) is 4.39 Å². The molecule has 0 spiro atoms. The molecule has 0 aromatic carbocycles. The lowest BCUT2D eigenvalue weighted by molar-refractivity contribution is -0.0948. The van der Waals surface area contributed by atoms with Gasteiger partial charge in [0.15, 0.2) is 17.2 Å². The van der Waals surface area contributed by atoms with Crippen LogP contribution >= 0.6 is 0 Å². The Morgan fingerprint density at radius 2 is 1.29 bits per heavy atom. The van der Waals surface area contributed by atoms with E-state index in [0.29, 0.717) is 0 Å². The molecule has 9 heteroatoms. The summed E-state index contributed by atoms with van der Waals surface area (Å²) in [5.41, 5.74) is -1.30. The van der Waals surface area contributed by atoms with Crippen LogP contribution in [0.1, 0.15) is 0 Å². The number of rotatable bonds is 1. The number of alkyl halides is 6. The molecule has 0 aliphatic rings. The number of allylic oxidation sites excluding steroid dienone is 2. The predicted octanol–water partition coefficient (Wildman–Crippen LogP) is 2.27. The highest BCUT2D eigenvalue weighted by Crippen LogP contribution is 2.29. The normalized spacial score (nSPS) is 15.1. The Labute approximate surface area is 72.7 Å². The Kier molecular flexibility index (Phi) is 3.15. The van der Waals surface area contributed by atoms with Crippen molar-refractivity contribution in [1.82, 2.24) is 0 Å². The first-order valence-corrected chi connectivity index (χ1v) is 2.86. The Hall–Kier alpha value is -1.28. The summed E-state index contributed by atoms with van der Waals surface area (Å²) in [6.07, 6.45) is -10.9. The van der Waals surface area contributed by atoms with E-state index in [-0.39, 0.29) is 0 Å². The van der Waals surface area contributed by atoms with E-state index >= 15 is 0 Å². The first kappa shape index (κ1) is 12.7. The highest BCUT2D eigenvalue weighted by atomic mass is 19.4. The molecular weight excluding hydrogens is 221 g/mol. The van der Waals surface area contributed by atoms with Crippen LogP contribution in [0.2, 0.25) is 0 Å².